The maximum absolute atomic E-state index is 10.9. The molecule has 0 saturated heterocycles. The Hall–Kier alpha value is 11.0. The van der Waals surface area contributed by atoms with Crippen LogP contribution in [0.1, 0.15) is 17.5 Å². The van der Waals surface area contributed by atoms with Crippen molar-refractivity contribution in [1.82, 2.24) is 0 Å². The second kappa shape index (κ2) is 28.0. The summed E-state index contributed by atoms with van der Waals surface area (Å²) < 4.78 is 0. The number of halogens is 1. The van der Waals surface area contributed by atoms with E-state index in [9.17, 15) is 4.79 Å². The van der Waals surface area contributed by atoms with Gasteiger partial charge < -0.3 is 17.4 Å². The van der Waals surface area contributed by atoms with Gasteiger partial charge in [-0.2, -0.15) is 0 Å². The van der Waals surface area contributed by atoms with E-state index in [-0.39, 0.29) is 0 Å². The number of hydrogen-bond acceptors (Lipinski definition) is 33. The first-order valence-electron chi connectivity index (χ1n) is 14.4. The Morgan fingerprint density at radius 1 is 0.493 bits per heavy atom. The molecular formula is C17H16ClO2PS48. The molecule has 0 aromatic heterocycles. The van der Waals surface area contributed by atoms with Crippen LogP contribution in [0.4, 0.5) is 0 Å². The number of benzene rings is 2. The summed E-state index contributed by atoms with van der Waals surface area (Å²) in [5.41, 5.74) is 2.92. The van der Waals surface area contributed by atoms with Gasteiger partial charge in [0.25, 0.3) is 0 Å². The van der Waals surface area contributed by atoms with Crippen LogP contribution in [0, 0.1) is 0 Å². The van der Waals surface area contributed by atoms with Crippen molar-refractivity contribution < 1.29 is 9.90 Å². The van der Waals surface area contributed by atoms with Crippen molar-refractivity contribution in [1.29, 1.82) is 0 Å². The lowest BCUT2D eigenvalue weighted by Crippen LogP contribution is -2.39. The fraction of sp³-hybridized carbons (Fsp3) is 0.118. The number of carbonyl (C=O) groups is 1. The van der Waals surface area contributed by atoms with E-state index in [0.29, 0.717) is 11.4 Å². The summed E-state index contributed by atoms with van der Waals surface area (Å²) in [6, 6.07) is 17.2. The highest BCUT2D eigenvalue weighted by atomic mass is 35.5. The molecule has 69 heavy (non-hydrogen) atoms. The molecule has 1 atom stereocenters. The van der Waals surface area contributed by atoms with Crippen molar-refractivity contribution in [3.8, 4) is 0 Å². The van der Waals surface area contributed by atoms with Crippen LogP contribution in [0.5, 0.6) is 0 Å². The number of aliphatic carboxylic acids is 1. The lowest BCUT2D eigenvalue weighted by molar-refractivity contribution is -0.131. The Kier molecular flexibility index (Phi) is 31.7. The number of carboxylic acids is 1. The van der Waals surface area contributed by atoms with Crippen LogP contribution in [0.15, 0.2) is 60.7 Å². The molecule has 52 heteroatoms. The van der Waals surface area contributed by atoms with Gasteiger partial charge >= 0.3 is 5.97 Å². The van der Waals surface area contributed by atoms with Gasteiger partial charge in [0.05, 0.1) is 5.21 Å². The zero-order valence-electron chi connectivity index (χ0n) is 31.0. The molecule has 0 heterocycles. The van der Waals surface area contributed by atoms with Gasteiger partial charge in [-0.05, 0) is 355 Å². The topological polar surface area (TPSA) is 37.3 Å². The van der Waals surface area contributed by atoms with E-state index in [4.69, 9.17) is 376 Å². The standard InChI is InChI=1S/C17H15ClO2.HPS48/c18-16-10-7-13(8-11-16)6-9-15(12-17(19)20)14-4-2-1-3-5-14;2-1(3)35(4,5)37(9,10)39(13,14)41(17,18)43(21,22)45(25,26)47(29,30)49(33,34)48(31,32)46(27,28)44(23,24)42(19,20)40(15,16)38(11,12)36(6,7)8/h1-5,7-8,10-12H,6,9H2,(H,19,20);(H,6,7,8)/b15-12-;. The maximum Gasteiger partial charge on any atom is 0.328 e. The summed E-state index contributed by atoms with van der Waals surface area (Å²) in [5, 5.41) is -41.2. The van der Waals surface area contributed by atoms with E-state index in [1.54, 1.807) is 0 Å². The quantitative estimate of drug-likeness (QED) is 0.0571. The van der Waals surface area contributed by atoms with E-state index < -0.39 is 89.8 Å². The minimum atomic E-state index is -3.73. The van der Waals surface area contributed by atoms with Crippen LogP contribution < -0.4 is 0 Å². The number of hydrogen-bond donors (Lipinski definition) is 2. The lowest BCUT2D eigenvalue weighted by Gasteiger charge is -2.35. The van der Waals surface area contributed by atoms with Gasteiger partial charge in [0.1, 0.15) is 22.7 Å². The Labute approximate surface area is 563 Å². The van der Waals surface area contributed by atoms with Gasteiger partial charge in [-0.3, -0.25) is 0 Å². The summed E-state index contributed by atoms with van der Waals surface area (Å²) in [4.78, 5) is 10.9. The van der Waals surface area contributed by atoms with E-state index >= 15 is 0 Å². The molecule has 0 aliphatic heterocycles. The fourth-order valence-electron chi connectivity index (χ4n) is 3.44. The predicted molar refractivity (Wildman–Crippen MR) is 444 cm³/mol. The zero-order chi connectivity index (χ0) is 55.4. The van der Waals surface area contributed by atoms with Crippen molar-refractivity contribution in [3.63, 3.8) is 0 Å². The minimum Gasteiger partial charge on any atom is -0.478 e. The molecule has 0 spiro atoms. The first-order valence-corrected chi connectivity index (χ1v) is 79.3. The summed E-state index contributed by atoms with van der Waals surface area (Å²) in [7, 11) is 0. The first kappa shape index (κ1) is 78.0. The van der Waals surface area contributed by atoms with E-state index in [1.807, 2.05) is 54.6 Å². The minimum absolute atomic E-state index is 0.679. The molecule has 1 unspecified atom stereocenters. The SMILES string of the molecule is O=C(O)/C=C(/CCc1ccc(Cl)cc1)c1ccccc1.S=[P+]([S-])S(=S)(=S)S(=S)(=S)S(=S)(=S)S(=S)(=S)S(=S)(=S)S(=S)(=S)S(=S)(=S)S(=S)(=S)S(=S)(=S)S(=S)(=S)S(=S)(=S)S(=S)(=S)S(=S)(=S)S(=S)(=S)S(=S)(=S)S. The van der Waals surface area contributed by atoms with Crippen LogP contribution in [0.2, 0.25) is 5.02 Å². The number of aryl methyl sites for hydroxylation is 1. The van der Waals surface area contributed by atoms with Gasteiger partial charge in [0.15, 0.2) is 0 Å². The normalized spacial score (nSPS) is 15.2. The van der Waals surface area contributed by atoms with Crippen LogP contribution in [0.3, 0.4) is 0 Å². The summed E-state index contributed by atoms with van der Waals surface area (Å²) >= 11 is 195. The third-order valence-corrected chi connectivity index (χ3v) is 303. The monoisotopic (exact) mass is 1850 g/mol. The van der Waals surface area contributed by atoms with E-state index in [1.165, 1.54) is 6.08 Å². The Morgan fingerprint density at radius 3 is 1.03 bits per heavy atom. The van der Waals surface area contributed by atoms with Crippen LogP contribution in [-0.2, 0) is 450 Å². The molecule has 0 bridgehead atoms. The van der Waals surface area contributed by atoms with Gasteiger partial charge in [-0.1, -0.05) is 65.7 Å². The summed E-state index contributed by atoms with van der Waals surface area (Å²) in [5.74, 6) is -3.87. The van der Waals surface area contributed by atoms with Crippen molar-refractivity contribution >= 4 is 478 Å². The molecule has 2 aromatic carbocycles. The van der Waals surface area contributed by atoms with Crippen LogP contribution in [0.25, 0.3) is 5.57 Å². The van der Waals surface area contributed by atoms with E-state index in [0.717, 1.165) is 23.1 Å². The fourth-order valence-corrected chi connectivity index (χ4v) is 344. The Balaban J connectivity index is 0.000000976. The summed E-state index contributed by atoms with van der Waals surface area (Å²) in [6.07, 6.45) is 2.74. The maximum atomic E-state index is 10.9. The molecule has 0 amide bonds. The molecule has 0 radical (unpaired) electrons. The number of rotatable bonds is 20. The van der Waals surface area contributed by atoms with Crippen molar-refractivity contribution in [2.24, 2.45) is 0 Å². The molecule has 0 aliphatic carbocycles. The highest BCUT2D eigenvalue weighted by Gasteiger charge is 2.46. The van der Waals surface area contributed by atoms with Crippen LogP contribution >= 0.6 is 28.4 Å². The Morgan fingerprint density at radius 2 is 0.768 bits per heavy atom. The first-order chi connectivity index (χ1) is 30.1. The molecule has 2 aromatic rings. The van der Waals surface area contributed by atoms with Gasteiger partial charge in [0, 0.05) is 101 Å². The smallest absolute Gasteiger partial charge is 0.328 e. The lowest BCUT2D eigenvalue weighted by atomic mass is 9.98. The second-order valence-electron chi connectivity index (χ2n) is 10.9. The largest absolute Gasteiger partial charge is 0.478 e. The van der Waals surface area contributed by atoms with Crippen LogP contribution in [-0.4, -0.2) is 11.1 Å². The Bertz CT molecular complexity index is 4310. The molecule has 0 aliphatic rings. The molecule has 0 saturated carbocycles. The van der Waals surface area contributed by atoms with Crippen molar-refractivity contribution in [3.05, 3.63) is 76.8 Å². The average molecular weight is 1860 g/mol. The molecule has 2 rings (SSSR count). The third kappa shape index (κ3) is 15.5. The number of carboxylic acid groups (broad SMARTS) is 1. The third-order valence-electron chi connectivity index (χ3n) is 6.74. The van der Waals surface area contributed by atoms with Gasteiger partial charge in [-0.25, -0.2) is 4.79 Å². The zero-order valence-corrected chi connectivity index (χ0v) is 71.9. The molecule has 0 fully saturated rings. The second-order valence-corrected chi connectivity index (χ2v) is 177. The van der Waals surface area contributed by atoms with Gasteiger partial charge in [-0.15, -0.1) is 0 Å². The molecule has 2 nitrogen and oxygen atoms in total. The van der Waals surface area contributed by atoms with E-state index in [2.05, 4.69) is 11.7 Å². The van der Waals surface area contributed by atoms with Gasteiger partial charge in [0.2, 0.25) is 0 Å². The average Bonchev–Trinajstić information content (AvgIpc) is 3.18. The highest BCUT2D eigenvalue weighted by molar-refractivity contribution is 9.78. The molecular weight excluding hydrogens is 1840 g/mol. The molecule has 396 valence electrons. The molecule has 1 N–H and O–H groups in total. The number of thiol groups is 1. The predicted octanol–water partition coefficient (Wildman–Crippen LogP) is 5.57. The summed E-state index contributed by atoms with van der Waals surface area (Å²) in [6.45, 7) is 0. The number of allylic oxidation sites excluding steroid dienone is 1. The van der Waals surface area contributed by atoms with Crippen molar-refractivity contribution in [2.45, 2.75) is 12.8 Å². The highest BCUT2D eigenvalue weighted by Crippen LogP contribution is 2.44. The van der Waals surface area contributed by atoms with Crippen molar-refractivity contribution in [2.75, 3.05) is 0 Å².